The van der Waals surface area contributed by atoms with Crippen molar-refractivity contribution in [3.8, 4) is 0 Å². The molecule has 0 spiro atoms. The van der Waals surface area contributed by atoms with Gasteiger partial charge in [-0.15, -0.1) is 23.5 Å². The van der Waals surface area contributed by atoms with Crippen molar-refractivity contribution in [1.82, 2.24) is 0 Å². The Kier molecular flexibility index (Phi) is 5.65. The summed E-state index contributed by atoms with van der Waals surface area (Å²) in [5.74, 6) is 0.917. The predicted octanol–water partition coefficient (Wildman–Crippen LogP) is 3.93. The second kappa shape index (κ2) is 7.52. The van der Waals surface area contributed by atoms with E-state index in [1.54, 1.807) is 23.5 Å². The fourth-order valence-electron chi connectivity index (χ4n) is 1.52. The lowest BCUT2D eigenvalue weighted by Gasteiger charge is -2.13. The molecule has 0 radical (unpaired) electrons. The van der Waals surface area contributed by atoms with E-state index < -0.39 is 0 Å². The van der Waals surface area contributed by atoms with Crippen molar-refractivity contribution in [1.29, 1.82) is 0 Å². The minimum atomic E-state index is 0.208. The van der Waals surface area contributed by atoms with E-state index in [1.807, 2.05) is 36.4 Å². The van der Waals surface area contributed by atoms with Gasteiger partial charge < -0.3 is 5.11 Å². The van der Waals surface area contributed by atoms with E-state index in [0.29, 0.717) is 0 Å². The fourth-order valence-corrected chi connectivity index (χ4v) is 3.60. The Hall–Kier alpha value is -0.900. The number of benzene rings is 2. The minimum absolute atomic E-state index is 0.208. The predicted molar refractivity (Wildman–Crippen MR) is 80.3 cm³/mol. The molecule has 0 aromatic heterocycles. The monoisotopic (exact) mass is 276 g/mol. The van der Waals surface area contributed by atoms with Crippen LogP contribution in [0.2, 0.25) is 0 Å². The van der Waals surface area contributed by atoms with Crippen LogP contribution in [0.4, 0.5) is 0 Å². The topological polar surface area (TPSA) is 20.2 Å². The molecule has 0 bridgehead atoms. The highest BCUT2D eigenvalue weighted by Crippen LogP contribution is 2.28. The summed E-state index contributed by atoms with van der Waals surface area (Å²) in [7, 11) is 0. The summed E-state index contributed by atoms with van der Waals surface area (Å²) in [5, 5.41) is 9.67. The quantitative estimate of drug-likeness (QED) is 0.807. The standard InChI is InChI=1S/C15H16OS2/c16-11-15(18-14-9-5-2-6-10-14)12-17-13-7-3-1-4-8-13/h1-10,15-16H,11-12H2. The highest BCUT2D eigenvalue weighted by Gasteiger charge is 2.09. The van der Waals surface area contributed by atoms with E-state index in [9.17, 15) is 5.11 Å². The molecule has 1 nitrogen and oxygen atoms in total. The van der Waals surface area contributed by atoms with Crippen molar-refractivity contribution in [2.24, 2.45) is 0 Å². The summed E-state index contributed by atoms with van der Waals surface area (Å²) in [4.78, 5) is 2.47. The normalized spacial score (nSPS) is 12.3. The maximum Gasteiger partial charge on any atom is 0.0561 e. The second-order valence-electron chi connectivity index (χ2n) is 3.86. The van der Waals surface area contributed by atoms with Crippen molar-refractivity contribution in [2.45, 2.75) is 15.0 Å². The second-order valence-corrected chi connectivity index (χ2v) is 6.33. The third-order valence-electron chi connectivity index (χ3n) is 2.43. The molecule has 0 amide bonds. The van der Waals surface area contributed by atoms with Gasteiger partial charge in [0.1, 0.15) is 0 Å². The summed E-state index contributed by atoms with van der Waals surface area (Å²) in [5.41, 5.74) is 0. The minimum Gasteiger partial charge on any atom is -0.395 e. The van der Waals surface area contributed by atoms with Crippen LogP contribution < -0.4 is 0 Å². The lowest BCUT2D eigenvalue weighted by molar-refractivity contribution is 0.301. The van der Waals surface area contributed by atoms with Gasteiger partial charge in [0.25, 0.3) is 0 Å². The molecule has 0 saturated heterocycles. The third kappa shape index (κ3) is 4.41. The first-order chi connectivity index (χ1) is 8.88. The van der Waals surface area contributed by atoms with Crippen LogP contribution in [0, 0.1) is 0 Å². The fraction of sp³-hybridized carbons (Fsp3) is 0.200. The van der Waals surface area contributed by atoms with Gasteiger partial charge in [-0.1, -0.05) is 36.4 Å². The van der Waals surface area contributed by atoms with Gasteiger partial charge in [0.15, 0.2) is 0 Å². The van der Waals surface area contributed by atoms with E-state index in [0.717, 1.165) is 5.75 Å². The Morgan fingerprint density at radius 1 is 0.833 bits per heavy atom. The van der Waals surface area contributed by atoms with E-state index in [4.69, 9.17) is 0 Å². The van der Waals surface area contributed by atoms with Crippen molar-refractivity contribution in [3.05, 3.63) is 60.7 Å². The molecule has 94 valence electrons. The summed E-state index contributed by atoms with van der Waals surface area (Å²) in [6.45, 7) is 0.208. The molecule has 2 aromatic carbocycles. The van der Waals surface area contributed by atoms with E-state index in [-0.39, 0.29) is 11.9 Å². The van der Waals surface area contributed by atoms with Gasteiger partial charge in [-0.05, 0) is 24.3 Å². The van der Waals surface area contributed by atoms with E-state index in [1.165, 1.54) is 9.79 Å². The van der Waals surface area contributed by atoms with Crippen LogP contribution in [0.15, 0.2) is 70.5 Å². The maximum atomic E-state index is 9.43. The first kappa shape index (κ1) is 13.5. The Morgan fingerprint density at radius 2 is 1.39 bits per heavy atom. The molecule has 1 N–H and O–H groups in total. The summed E-state index contributed by atoms with van der Waals surface area (Å²) >= 11 is 3.53. The number of hydrogen-bond acceptors (Lipinski definition) is 3. The molecule has 1 atom stereocenters. The molecule has 0 aliphatic rings. The van der Waals surface area contributed by atoms with Crippen molar-refractivity contribution in [2.75, 3.05) is 12.4 Å². The molecule has 2 rings (SSSR count). The van der Waals surface area contributed by atoms with Crippen LogP contribution in [0.3, 0.4) is 0 Å². The Labute approximate surface area is 117 Å². The van der Waals surface area contributed by atoms with E-state index >= 15 is 0 Å². The molecular weight excluding hydrogens is 260 g/mol. The zero-order chi connectivity index (χ0) is 12.6. The molecular formula is C15H16OS2. The number of aliphatic hydroxyl groups excluding tert-OH is 1. The summed E-state index contributed by atoms with van der Waals surface area (Å²) < 4.78 is 0. The van der Waals surface area contributed by atoms with Crippen LogP contribution >= 0.6 is 23.5 Å². The van der Waals surface area contributed by atoms with Gasteiger partial charge in [-0.3, -0.25) is 0 Å². The molecule has 0 aliphatic heterocycles. The van der Waals surface area contributed by atoms with Gasteiger partial charge in [-0.2, -0.15) is 0 Å². The largest absolute Gasteiger partial charge is 0.395 e. The molecule has 0 fully saturated rings. The molecule has 2 aromatic rings. The molecule has 0 saturated carbocycles. The van der Waals surface area contributed by atoms with E-state index in [2.05, 4.69) is 24.3 Å². The first-order valence-electron chi connectivity index (χ1n) is 5.89. The molecule has 18 heavy (non-hydrogen) atoms. The average molecular weight is 276 g/mol. The summed E-state index contributed by atoms with van der Waals surface area (Å²) in [6, 6.07) is 20.5. The van der Waals surface area contributed by atoms with Crippen molar-refractivity contribution >= 4 is 23.5 Å². The van der Waals surface area contributed by atoms with Crippen LogP contribution in [0.1, 0.15) is 0 Å². The van der Waals surface area contributed by atoms with Crippen molar-refractivity contribution < 1.29 is 5.11 Å². The zero-order valence-corrected chi connectivity index (χ0v) is 11.7. The Morgan fingerprint density at radius 3 is 1.94 bits per heavy atom. The lowest BCUT2D eigenvalue weighted by atomic mass is 10.4. The van der Waals surface area contributed by atoms with Gasteiger partial charge >= 0.3 is 0 Å². The lowest BCUT2D eigenvalue weighted by Crippen LogP contribution is -2.11. The van der Waals surface area contributed by atoms with Crippen LogP contribution in [0.5, 0.6) is 0 Å². The highest BCUT2D eigenvalue weighted by atomic mass is 32.2. The third-order valence-corrected chi connectivity index (χ3v) is 5.01. The molecule has 1 unspecified atom stereocenters. The molecule has 0 heterocycles. The average Bonchev–Trinajstić information content (AvgIpc) is 2.45. The number of rotatable bonds is 6. The smallest absolute Gasteiger partial charge is 0.0561 e. The SMILES string of the molecule is OCC(CSc1ccccc1)Sc1ccccc1. The van der Waals surface area contributed by atoms with Gasteiger partial charge in [0, 0.05) is 20.8 Å². The Balaban J connectivity index is 1.86. The van der Waals surface area contributed by atoms with Crippen LogP contribution in [0.25, 0.3) is 0 Å². The van der Waals surface area contributed by atoms with Gasteiger partial charge in [0.05, 0.1) is 6.61 Å². The van der Waals surface area contributed by atoms with Gasteiger partial charge in [-0.25, -0.2) is 0 Å². The van der Waals surface area contributed by atoms with Crippen LogP contribution in [-0.4, -0.2) is 22.7 Å². The number of hydrogen-bond donors (Lipinski definition) is 1. The molecule has 0 aliphatic carbocycles. The number of aliphatic hydroxyl groups is 1. The zero-order valence-electron chi connectivity index (χ0n) is 10.0. The van der Waals surface area contributed by atoms with Gasteiger partial charge in [0.2, 0.25) is 0 Å². The molecule has 3 heteroatoms. The highest BCUT2D eigenvalue weighted by molar-refractivity contribution is 8.03. The summed E-state index contributed by atoms with van der Waals surface area (Å²) in [6.07, 6.45) is 0. The first-order valence-corrected chi connectivity index (χ1v) is 7.75. The maximum absolute atomic E-state index is 9.43. The number of thioether (sulfide) groups is 2. The Bertz CT molecular complexity index is 445. The van der Waals surface area contributed by atoms with Crippen LogP contribution in [-0.2, 0) is 0 Å². The van der Waals surface area contributed by atoms with Crippen molar-refractivity contribution in [3.63, 3.8) is 0 Å².